The molecule has 96 valence electrons. The zero-order valence-electron chi connectivity index (χ0n) is 9.47. The molecule has 1 fully saturated rings. The fourth-order valence-electron chi connectivity index (χ4n) is 1.49. The minimum Gasteiger partial charge on any atom is -0.374 e. The van der Waals surface area contributed by atoms with E-state index >= 15 is 0 Å². The topological polar surface area (TPSA) is 80.3 Å². The normalized spacial score (nSPS) is 21.6. The van der Waals surface area contributed by atoms with Crippen molar-refractivity contribution < 1.29 is 13.2 Å². The van der Waals surface area contributed by atoms with Gasteiger partial charge in [-0.2, -0.15) is 0 Å². The molecule has 1 aliphatic rings. The SMILES string of the molecule is Cc1ncc(S(=O)(=O)NCC2CNCCO2)s1. The van der Waals surface area contributed by atoms with Crippen molar-refractivity contribution >= 4 is 21.4 Å². The third-order valence-electron chi connectivity index (χ3n) is 2.37. The number of ether oxygens (including phenoxy) is 1. The number of thiazole rings is 1. The van der Waals surface area contributed by atoms with Gasteiger partial charge in [-0.3, -0.25) is 0 Å². The zero-order valence-corrected chi connectivity index (χ0v) is 11.1. The van der Waals surface area contributed by atoms with Crippen LogP contribution in [0.1, 0.15) is 5.01 Å². The van der Waals surface area contributed by atoms with Crippen molar-refractivity contribution in [2.45, 2.75) is 17.2 Å². The fraction of sp³-hybridized carbons (Fsp3) is 0.667. The van der Waals surface area contributed by atoms with Crippen molar-refractivity contribution in [3.8, 4) is 0 Å². The van der Waals surface area contributed by atoms with Crippen LogP contribution in [0.25, 0.3) is 0 Å². The van der Waals surface area contributed by atoms with Gasteiger partial charge in [0.05, 0.1) is 23.9 Å². The van der Waals surface area contributed by atoms with Crippen LogP contribution in [0.3, 0.4) is 0 Å². The predicted octanol–water partition coefficient (Wildman–Crippen LogP) is -0.282. The monoisotopic (exact) mass is 277 g/mol. The molecule has 6 nitrogen and oxygen atoms in total. The molecule has 8 heteroatoms. The Labute approximate surface area is 104 Å². The number of nitrogens with one attached hydrogen (secondary N) is 2. The number of hydrogen-bond donors (Lipinski definition) is 2. The van der Waals surface area contributed by atoms with E-state index in [4.69, 9.17) is 4.74 Å². The van der Waals surface area contributed by atoms with Crippen LogP contribution in [0, 0.1) is 6.92 Å². The van der Waals surface area contributed by atoms with Gasteiger partial charge in [-0.1, -0.05) is 0 Å². The molecule has 1 saturated heterocycles. The Hall–Kier alpha value is -0.540. The number of aryl methyl sites for hydroxylation is 1. The number of sulfonamides is 1. The van der Waals surface area contributed by atoms with Crippen molar-refractivity contribution in [2.75, 3.05) is 26.2 Å². The molecule has 0 aliphatic carbocycles. The summed E-state index contributed by atoms with van der Waals surface area (Å²) in [7, 11) is -3.44. The first-order chi connectivity index (χ1) is 8.08. The molecular weight excluding hydrogens is 262 g/mol. The van der Waals surface area contributed by atoms with Crippen molar-refractivity contribution in [2.24, 2.45) is 0 Å². The van der Waals surface area contributed by atoms with E-state index in [0.29, 0.717) is 13.2 Å². The van der Waals surface area contributed by atoms with Gasteiger partial charge < -0.3 is 10.1 Å². The van der Waals surface area contributed by atoms with Crippen LogP contribution in [-0.4, -0.2) is 45.7 Å². The summed E-state index contributed by atoms with van der Waals surface area (Å²) in [4.78, 5) is 3.93. The molecule has 1 atom stereocenters. The minimum atomic E-state index is -3.44. The van der Waals surface area contributed by atoms with Crippen molar-refractivity contribution in [1.82, 2.24) is 15.0 Å². The molecule has 1 aliphatic heterocycles. The van der Waals surface area contributed by atoms with E-state index in [1.54, 1.807) is 6.92 Å². The summed E-state index contributed by atoms with van der Waals surface area (Å²) in [6.07, 6.45) is 1.27. The zero-order chi connectivity index (χ0) is 12.3. The summed E-state index contributed by atoms with van der Waals surface area (Å²) in [6, 6.07) is 0. The first kappa shape index (κ1) is 12.9. The lowest BCUT2D eigenvalue weighted by Crippen LogP contribution is -2.45. The van der Waals surface area contributed by atoms with E-state index in [-0.39, 0.29) is 16.9 Å². The summed E-state index contributed by atoms with van der Waals surface area (Å²) < 4.78 is 31.9. The predicted molar refractivity (Wildman–Crippen MR) is 64.6 cm³/mol. The first-order valence-electron chi connectivity index (χ1n) is 5.32. The van der Waals surface area contributed by atoms with Gasteiger partial charge in [-0.15, -0.1) is 11.3 Å². The van der Waals surface area contributed by atoms with Gasteiger partial charge in [-0.05, 0) is 6.92 Å². The average Bonchev–Trinajstić information content (AvgIpc) is 2.76. The van der Waals surface area contributed by atoms with Crippen LogP contribution in [0.15, 0.2) is 10.4 Å². The van der Waals surface area contributed by atoms with Crippen LogP contribution < -0.4 is 10.0 Å². The summed E-state index contributed by atoms with van der Waals surface area (Å²) in [5.74, 6) is 0. The summed E-state index contributed by atoms with van der Waals surface area (Å²) in [5.41, 5.74) is 0. The molecule has 1 unspecified atom stereocenters. The fourth-order valence-corrected chi connectivity index (χ4v) is 3.71. The Bertz CT molecular complexity index is 466. The molecule has 2 N–H and O–H groups in total. The van der Waals surface area contributed by atoms with Gasteiger partial charge in [-0.25, -0.2) is 18.1 Å². The van der Waals surface area contributed by atoms with E-state index in [1.165, 1.54) is 6.20 Å². The molecule has 2 heterocycles. The highest BCUT2D eigenvalue weighted by Gasteiger charge is 2.20. The molecule has 17 heavy (non-hydrogen) atoms. The van der Waals surface area contributed by atoms with E-state index in [1.807, 2.05) is 0 Å². The standard InChI is InChI=1S/C9H15N3O3S2/c1-7-11-6-9(16-7)17(13,14)12-5-8-4-10-2-3-15-8/h6,8,10,12H,2-5H2,1H3. The summed E-state index contributed by atoms with van der Waals surface area (Å²) in [6.45, 7) is 4.16. The maximum atomic E-state index is 11.9. The molecule has 1 aromatic heterocycles. The largest absolute Gasteiger partial charge is 0.374 e. The highest BCUT2D eigenvalue weighted by molar-refractivity contribution is 7.91. The number of aromatic nitrogens is 1. The molecule has 0 bridgehead atoms. The molecule has 0 spiro atoms. The van der Waals surface area contributed by atoms with Gasteiger partial charge in [0, 0.05) is 19.6 Å². The highest BCUT2D eigenvalue weighted by atomic mass is 32.2. The molecule has 0 aromatic carbocycles. The maximum Gasteiger partial charge on any atom is 0.251 e. The second-order valence-corrected chi connectivity index (χ2v) is 6.98. The number of rotatable bonds is 4. The second kappa shape index (κ2) is 5.40. The Balaban J connectivity index is 1.93. The van der Waals surface area contributed by atoms with Gasteiger partial charge in [0.1, 0.15) is 0 Å². The third kappa shape index (κ3) is 3.46. The van der Waals surface area contributed by atoms with Crippen LogP contribution in [-0.2, 0) is 14.8 Å². The van der Waals surface area contributed by atoms with Crippen LogP contribution in [0.4, 0.5) is 0 Å². The summed E-state index contributed by atoms with van der Waals surface area (Å²) >= 11 is 1.16. The lowest BCUT2D eigenvalue weighted by Gasteiger charge is -2.23. The van der Waals surface area contributed by atoms with Gasteiger partial charge in [0.25, 0.3) is 10.0 Å². The molecule has 0 amide bonds. The van der Waals surface area contributed by atoms with Gasteiger partial charge >= 0.3 is 0 Å². The van der Waals surface area contributed by atoms with E-state index < -0.39 is 10.0 Å². The average molecular weight is 277 g/mol. The number of morpholine rings is 1. The Morgan fingerprint density at radius 3 is 3.12 bits per heavy atom. The molecule has 0 radical (unpaired) electrons. The number of hydrogen-bond acceptors (Lipinski definition) is 6. The quantitative estimate of drug-likeness (QED) is 0.791. The van der Waals surface area contributed by atoms with E-state index in [0.717, 1.165) is 22.9 Å². The molecule has 1 aromatic rings. The number of nitrogens with zero attached hydrogens (tertiary/aromatic N) is 1. The first-order valence-corrected chi connectivity index (χ1v) is 7.62. The van der Waals surface area contributed by atoms with Crippen LogP contribution in [0.5, 0.6) is 0 Å². The Morgan fingerprint density at radius 2 is 2.53 bits per heavy atom. The van der Waals surface area contributed by atoms with Crippen molar-refractivity contribution in [1.29, 1.82) is 0 Å². The molecular formula is C9H15N3O3S2. The van der Waals surface area contributed by atoms with Crippen molar-refractivity contribution in [3.63, 3.8) is 0 Å². The third-order valence-corrected chi connectivity index (χ3v) is 5.17. The highest BCUT2D eigenvalue weighted by Crippen LogP contribution is 2.17. The van der Waals surface area contributed by atoms with Gasteiger partial charge in [0.2, 0.25) is 0 Å². The van der Waals surface area contributed by atoms with E-state index in [9.17, 15) is 8.42 Å². The van der Waals surface area contributed by atoms with Crippen molar-refractivity contribution in [3.05, 3.63) is 11.2 Å². The molecule has 0 saturated carbocycles. The van der Waals surface area contributed by atoms with Crippen LogP contribution >= 0.6 is 11.3 Å². The van der Waals surface area contributed by atoms with Gasteiger partial charge in [0.15, 0.2) is 4.21 Å². The lowest BCUT2D eigenvalue weighted by atomic mass is 10.3. The second-order valence-electron chi connectivity index (χ2n) is 3.75. The van der Waals surface area contributed by atoms with Crippen LogP contribution in [0.2, 0.25) is 0 Å². The smallest absolute Gasteiger partial charge is 0.251 e. The lowest BCUT2D eigenvalue weighted by molar-refractivity contribution is 0.0324. The maximum absolute atomic E-state index is 11.9. The molecule has 2 rings (SSSR count). The summed E-state index contributed by atoms with van der Waals surface area (Å²) in [5, 5.41) is 3.88. The Morgan fingerprint density at radius 1 is 1.71 bits per heavy atom. The Kier molecular flexibility index (Phi) is 4.10. The van der Waals surface area contributed by atoms with E-state index in [2.05, 4.69) is 15.0 Å². The minimum absolute atomic E-state index is 0.104.